The van der Waals surface area contributed by atoms with Gasteiger partial charge in [0.15, 0.2) is 0 Å². The summed E-state index contributed by atoms with van der Waals surface area (Å²) >= 11 is 0. The van der Waals surface area contributed by atoms with Gasteiger partial charge < -0.3 is 40.9 Å². The van der Waals surface area contributed by atoms with Gasteiger partial charge >= 0.3 is 23.6 Å². The second-order valence-electron chi connectivity index (χ2n) is 8.76. The SMILES string of the molecule is CCN1CCNC(=O)C(=O)NCCN(CC)CCN(CC)CCNC(=O)C(=O)NCCN(CC)CC1. The number of carbonyl (C=O) groups excluding carboxylic acids is 4. The Labute approximate surface area is 216 Å². The molecular weight excluding hydrogens is 464 g/mol. The highest BCUT2D eigenvalue weighted by Gasteiger charge is 2.16. The summed E-state index contributed by atoms with van der Waals surface area (Å²) in [5.41, 5.74) is 0. The van der Waals surface area contributed by atoms with Crippen LogP contribution in [0.25, 0.3) is 0 Å². The van der Waals surface area contributed by atoms with Gasteiger partial charge in [0.25, 0.3) is 0 Å². The zero-order valence-corrected chi connectivity index (χ0v) is 22.7. The fourth-order valence-corrected chi connectivity index (χ4v) is 3.91. The lowest BCUT2D eigenvalue weighted by Crippen LogP contribution is -2.47. The van der Waals surface area contributed by atoms with Gasteiger partial charge in [-0.1, -0.05) is 27.7 Å². The van der Waals surface area contributed by atoms with Crippen molar-refractivity contribution in [1.82, 2.24) is 40.9 Å². The Kier molecular flexibility index (Phi) is 16.7. The monoisotopic (exact) mass is 512 g/mol. The second-order valence-corrected chi connectivity index (χ2v) is 8.76. The highest BCUT2D eigenvalue weighted by atomic mass is 16.2. The first-order valence-corrected chi connectivity index (χ1v) is 13.4. The van der Waals surface area contributed by atoms with Crippen LogP contribution in [0, 0.1) is 0 Å². The smallest absolute Gasteiger partial charge is 0.309 e. The molecule has 0 aromatic heterocycles. The van der Waals surface area contributed by atoms with Crippen LogP contribution in [-0.4, -0.2) is 148 Å². The minimum absolute atomic E-state index is 0.394. The van der Waals surface area contributed by atoms with E-state index in [1.807, 2.05) is 0 Å². The van der Waals surface area contributed by atoms with Crippen LogP contribution in [0.4, 0.5) is 0 Å². The van der Waals surface area contributed by atoms with E-state index in [4.69, 9.17) is 0 Å². The van der Waals surface area contributed by atoms with Gasteiger partial charge in [0, 0.05) is 78.5 Å². The Morgan fingerprint density at radius 1 is 0.417 bits per heavy atom. The third kappa shape index (κ3) is 13.1. The quantitative estimate of drug-likeness (QED) is 0.311. The number of nitrogens with one attached hydrogen (secondary N) is 4. The van der Waals surface area contributed by atoms with Gasteiger partial charge in [-0.2, -0.15) is 0 Å². The minimum atomic E-state index is -0.603. The molecule has 12 nitrogen and oxygen atoms in total. The van der Waals surface area contributed by atoms with E-state index in [-0.39, 0.29) is 0 Å². The molecular formula is C24H48N8O4. The van der Waals surface area contributed by atoms with E-state index in [0.717, 1.165) is 52.4 Å². The Bertz CT molecular complexity index is 567. The summed E-state index contributed by atoms with van der Waals surface area (Å²) in [5, 5.41) is 10.8. The zero-order valence-electron chi connectivity index (χ0n) is 22.7. The van der Waals surface area contributed by atoms with E-state index in [1.165, 1.54) is 0 Å². The van der Waals surface area contributed by atoms with Gasteiger partial charge in [0.2, 0.25) is 0 Å². The predicted molar refractivity (Wildman–Crippen MR) is 140 cm³/mol. The van der Waals surface area contributed by atoms with Crippen LogP contribution in [0.5, 0.6) is 0 Å². The van der Waals surface area contributed by atoms with Crippen molar-refractivity contribution in [1.29, 1.82) is 0 Å². The topological polar surface area (TPSA) is 129 Å². The van der Waals surface area contributed by atoms with Crippen molar-refractivity contribution in [3.05, 3.63) is 0 Å². The highest BCUT2D eigenvalue weighted by Crippen LogP contribution is 1.94. The third-order valence-corrected chi connectivity index (χ3v) is 6.52. The summed E-state index contributed by atoms with van der Waals surface area (Å²) < 4.78 is 0. The van der Waals surface area contributed by atoms with Crippen molar-refractivity contribution in [3.8, 4) is 0 Å². The van der Waals surface area contributed by atoms with Crippen molar-refractivity contribution in [3.63, 3.8) is 0 Å². The molecule has 12 heteroatoms. The molecule has 0 saturated carbocycles. The molecule has 1 saturated heterocycles. The standard InChI is InChI=1S/C24H48N8O4/c1-5-29-13-9-25-21(33)22(34)27-11-15-31(7-3)19-20-32(8-4)16-12-28-24(36)23(35)26-10-14-30(6-2)18-17-29/h5-20H2,1-4H3,(H,25,33)(H,26,35)(H,27,34)(H,28,36). The summed E-state index contributed by atoms with van der Waals surface area (Å²) in [7, 11) is 0. The van der Waals surface area contributed by atoms with Gasteiger partial charge in [-0.25, -0.2) is 0 Å². The van der Waals surface area contributed by atoms with E-state index in [1.54, 1.807) is 0 Å². The molecule has 0 unspecified atom stereocenters. The maximum Gasteiger partial charge on any atom is 0.309 e. The molecule has 0 radical (unpaired) electrons. The number of likely N-dealkylation sites (N-methyl/N-ethyl adjacent to an activating group) is 4. The molecule has 1 heterocycles. The number of hydrogen-bond donors (Lipinski definition) is 4. The molecule has 36 heavy (non-hydrogen) atoms. The Morgan fingerprint density at radius 2 is 0.611 bits per heavy atom. The summed E-state index contributed by atoms with van der Waals surface area (Å²) in [5.74, 6) is -2.41. The van der Waals surface area contributed by atoms with Crippen LogP contribution in [0.2, 0.25) is 0 Å². The van der Waals surface area contributed by atoms with Crippen LogP contribution in [-0.2, 0) is 19.2 Å². The van der Waals surface area contributed by atoms with Crippen LogP contribution < -0.4 is 21.3 Å². The highest BCUT2D eigenvalue weighted by molar-refractivity contribution is 6.35. The zero-order chi connectivity index (χ0) is 26.8. The molecule has 4 amide bonds. The van der Waals surface area contributed by atoms with Crippen LogP contribution in [0.15, 0.2) is 0 Å². The van der Waals surface area contributed by atoms with Crippen molar-refractivity contribution >= 4 is 23.6 Å². The molecule has 1 rings (SSSR count). The fraction of sp³-hybridized carbons (Fsp3) is 0.833. The Hall–Kier alpha value is -2.28. The van der Waals surface area contributed by atoms with Gasteiger partial charge in [0.1, 0.15) is 0 Å². The van der Waals surface area contributed by atoms with Crippen LogP contribution in [0.1, 0.15) is 27.7 Å². The number of carbonyl (C=O) groups is 4. The minimum Gasteiger partial charge on any atom is -0.347 e. The number of hydrogen-bond acceptors (Lipinski definition) is 8. The van der Waals surface area contributed by atoms with E-state index >= 15 is 0 Å². The molecule has 0 aliphatic carbocycles. The molecule has 0 atom stereocenters. The lowest BCUT2D eigenvalue weighted by molar-refractivity contribution is -0.139. The molecule has 208 valence electrons. The number of nitrogens with zero attached hydrogens (tertiary/aromatic N) is 4. The fourth-order valence-electron chi connectivity index (χ4n) is 3.91. The molecule has 0 spiro atoms. The second kappa shape index (κ2) is 18.9. The lowest BCUT2D eigenvalue weighted by atomic mass is 10.3. The van der Waals surface area contributed by atoms with Crippen molar-refractivity contribution in [2.75, 3.05) is 105 Å². The largest absolute Gasteiger partial charge is 0.347 e. The predicted octanol–water partition coefficient (Wildman–Crippen LogP) is -2.25. The van der Waals surface area contributed by atoms with Crippen molar-refractivity contribution in [2.45, 2.75) is 27.7 Å². The van der Waals surface area contributed by atoms with E-state index < -0.39 is 23.6 Å². The molecule has 1 aliphatic rings. The van der Waals surface area contributed by atoms with Gasteiger partial charge in [-0.05, 0) is 26.2 Å². The van der Waals surface area contributed by atoms with Crippen LogP contribution >= 0.6 is 0 Å². The van der Waals surface area contributed by atoms with Gasteiger partial charge in [-0.3, -0.25) is 19.2 Å². The maximum atomic E-state index is 12.2. The first-order chi connectivity index (χ1) is 17.3. The normalized spacial score (nSPS) is 21.7. The van der Waals surface area contributed by atoms with E-state index in [0.29, 0.717) is 52.4 Å². The molecule has 0 aromatic carbocycles. The Morgan fingerprint density at radius 3 is 0.778 bits per heavy atom. The summed E-state index contributed by atoms with van der Waals surface area (Å²) in [6.07, 6.45) is 0. The van der Waals surface area contributed by atoms with E-state index in [2.05, 4.69) is 68.6 Å². The summed E-state index contributed by atoms with van der Waals surface area (Å²) in [6, 6.07) is 0. The van der Waals surface area contributed by atoms with E-state index in [9.17, 15) is 19.2 Å². The molecule has 1 aliphatic heterocycles. The number of amides is 4. The first kappa shape index (κ1) is 31.7. The summed E-state index contributed by atoms with van der Waals surface area (Å²) in [4.78, 5) is 57.4. The molecule has 0 aromatic rings. The Balaban J connectivity index is 2.73. The number of rotatable bonds is 4. The molecule has 0 bridgehead atoms. The average molecular weight is 513 g/mol. The molecule has 1 fully saturated rings. The van der Waals surface area contributed by atoms with Crippen molar-refractivity contribution < 1.29 is 19.2 Å². The van der Waals surface area contributed by atoms with Gasteiger partial charge in [-0.15, -0.1) is 0 Å². The van der Waals surface area contributed by atoms with Gasteiger partial charge in [0.05, 0.1) is 0 Å². The van der Waals surface area contributed by atoms with Crippen molar-refractivity contribution in [2.24, 2.45) is 0 Å². The van der Waals surface area contributed by atoms with Crippen LogP contribution in [0.3, 0.4) is 0 Å². The lowest BCUT2D eigenvalue weighted by Gasteiger charge is -2.27. The third-order valence-electron chi connectivity index (χ3n) is 6.52. The first-order valence-electron chi connectivity index (χ1n) is 13.4. The maximum absolute atomic E-state index is 12.2. The average Bonchev–Trinajstić information content (AvgIpc) is 2.88. The summed E-state index contributed by atoms with van der Waals surface area (Å²) in [6.45, 7) is 18.8. The molecule has 4 N–H and O–H groups in total.